The minimum absolute atomic E-state index is 0.0281. The lowest BCUT2D eigenvalue weighted by Crippen LogP contribution is -2.24. The number of hydrogen-bond acceptors (Lipinski definition) is 3. The molecule has 3 rings (SSSR count). The fraction of sp³-hybridized carbons (Fsp3) is 0.125. The SMILES string of the molecule is O=C1CC(=O)N(c2ccccc2Oc2ccccc2)C1. The number of anilines is 1. The number of ketones is 1. The maximum Gasteiger partial charge on any atom is 0.235 e. The van der Waals surface area contributed by atoms with Crippen LogP contribution in [0.15, 0.2) is 54.6 Å². The minimum atomic E-state index is -0.181. The number of Topliss-reactive ketones (excluding diaryl/α,β-unsaturated/α-hetero) is 1. The van der Waals surface area contributed by atoms with Crippen LogP contribution in [0, 0.1) is 0 Å². The molecule has 4 nitrogen and oxygen atoms in total. The molecule has 1 aliphatic rings. The quantitative estimate of drug-likeness (QED) is 0.803. The molecule has 1 heterocycles. The Bertz CT molecular complexity index is 652. The van der Waals surface area contributed by atoms with E-state index < -0.39 is 0 Å². The van der Waals surface area contributed by atoms with Gasteiger partial charge in [0.05, 0.1) is 18.7 Å². The molecule has 2 aromatic carbocycles. The van der Waals surface area contributed by atoms with Crippen molar-refractivity contribution < 1.29 is 14.3 Å². The Labute approximate surface area is 116 Å². The molecule has 0 aromatic heterocycles. The summed E-state index contributed by atoms with van der Waals surface area (Å²) in [5, 5.41) is 0. The predicted octanol–water partition coefficient (Wildman–Crippen LogP) is 2.78. The topological polar surface area (TPSA) is 46.6 Å². The van der Waals surface area contributed by atoms with Gasteiger partial charge in [0.15, 0.2) is 11.5 Å². The number of benzene rings is 2. The molecule has 1 aliphatic heterocycles. The minimum Gasteiger partial charge on any atom is -0.455 e. The van der Waals surface area contributed by atoms with Crippen molar-refractivity contribution in [2.75, 3.05) is 11.4 Å². The predicted molar refractivity (Wildman–Crippen MR) is 74.9 cm³/mol. The van der Waals surface area contributed by atoms with Crippen LogP contribution in [0.5, 0.6) is 11.5 Å². The van der Waals surface area contributed by atoms with Crippen molar-refractivity contribution in [2.45, 2.75) is 6.42 Å². The van der Waals surface area contributed by atoms with Crippen molar-refractivity contribution in [3.8, 4) is 11.5 Å². The van der Waals surface area contributed by atoms with Crippen molar-refractivity contribution in [1.82, 2.24) is 0 Å². The van der Waals surface area contributed by atoms with Crippen molar-refractivity contribution >= 4 is 17.4 Å². The third kappa shape index (κ3) is 2.40. The number of carbonyl (C=O) groups excluding carboxylic acids is 2. The van der Waals surface area contributed by atoms with Crippen LogP contribution < -0.4 is 9.64 Å². The number of nitrogens with zero attached hydrogens (tertiary/aromatic N) is 1. The van der Waals surface area contributed by atoms with Crippen LogP contribution in [0.2, 0.25) is 0 Å². The zero-order chi connectivity index (χ0) is 13.9. The van der Waals surface area contributed by atoms with E-state index in [4.69, 9.17) is 4.74 Å². The highest BCUT2D eigenvalue weighted by Crippen LogP contribution is 2.33. The van der Waals surface area contributed by atoms with E-state index in [1.807, 2.05) is 42.5 Å². The second-order valence-electron chi connectivity index (χ2n) is 4.58. The summed E-state index contributed by atoms with van der Waals surface area (Å²) in [5.41, 5.74) is 0.632. The molecule has 0 bridgehead atoms. The van der Waals surface area contributed by atoms with Gasteiger partial charge in [-0.3, -0.25) is 9.59 Å². The zero-order valence-electron chi connectivity index (χ0n) is 10.8. The molecule has 0 N–H and O–H groups in total. The highest BCUT2D eigenvalue weighted by atomic mass is 16.5. The Morgan fingerprint density at radius 3 is 2.30 bits per heavy atom. The van der Waals surface area contributed by atoms with Gasteiger partial charge in [-0.15, -0.1) is 0 Å². The zero-order valence-corrected chi connectivity index (χ0v) is 10.8. The summed E-state index contributed by atoms with van der Waals surface area (Å²) in [5.74, 6) is 1.02. The van der Waals surface area contributed by atoms with Crippen molar-refractivity contribution in [1.29, 1.82) is 0 Å². The fourth-order valence-corrected chi connectivity index (χ4v) is 2.19. The van der Waals surface area contributed by atoms with E-state index in [2.05, 4.69) is 0 Å². The average Bonchev–Trinajstić information content (AvgIpc) is 2.79. The number of para-hydroxylation sites is 3. The first-order chi connectivity index (χ1) is 9.74. The van der Waals surface area contributed by atoms with Crippen molar-refractivity contribution in [2.24, 2.45) is 0 Å². The van der Waals surface area contributed by atoms with E-state index in [1.165, 1.54) is 4.90 Å². The summed E-state index contributed by atoms with van der Waals surface area (Å²) in [4.78, 5) is 24.7. The van der Waals surface area contributed by atoms with E-state index in [0.29, 0.717) is 17.2 Å². The number of hydrogen-bond donors (Lipinski definition) is 0. The van der Waals surface area contributed by atoms with E-state index in [0.717, 1.165) is 0 Å². The lowest BCUT2D eigenvalue weighted by atomic mass is 10.2. The Morgan fingerprint density at radius 2 is 1.60 bits per heavy atom. The molecular formula is C16H13NO3. The average molecular weight is 267 g/mol. The molecule has 1 fully saturated rings. The van der Waals surface area contributed by atoms with Gasteiger partial charge in [0.2, 0.25) is 5.91 Å². The molecule has 1 saturated heterocycles. The number of amides is 1. The number of rotatable bonds is 3. The summed E-state index contributed by atoms with van der Waals surface area (Å²) in [7, 11) is 0. The second kappa shape index (κ2) is 5.17. The summed E-state index contributed by atoms with van der Waals surface area (Å²) < 4.78 is 5.80. The molecule has 4 heteroatoms. The van der Waals surface area contributed by atoms with Gasteiger partial charge in [-0.2, -0.15) is 0 Å². The first-order valence-corrected chi connectivity index (χ1v) is 6.38. The molecule has 0 unspecified atom stereocenters. The highest BCUT2D eigenvalue weighted by Gasteiger charge is 2.30. The molecule has 0 radical (unpaired) electrons. The molecule has 1 amide bonds. The van der Waals surface area contributed by atoms with E-state index in [1.54, 1.807) is 12.1 Å². The van der Waals surface area contributed by atoms with Gasteiger partial charge in [-0.05, 0) is 24.3 Å². The monoisotopic (exact) mass is 267 g/mol. The van der Waals surface area contributed by atoms with Crippen LogP contribution in [0.4, 0.5) is 5.69 Å². The normalized spacial score (nSPS) is 14.7. The number of carbonyl (C=O) groups is 2. The highest BCUT2D eigenvalue weighted by molar-refractivity contribution is 6.15. The molecule has 20 heavy (non-hydrogen) atoms. The molecule has 100 valence electrons. The molecule has 0 aliphatic carbocycles. The van der Waals surface area contributed by atoms with Crippen molar-refractivity contribution in [3.05, 3.63) is 54.6 Å². The summed E-state index contributed by atoms with van der Waals surface area (Å²) in [6.45, 7) is 0.119. The van der Waals surface area contributed by atoms with Crippen LogP contribution in [0.1, 0.15) is 6.42 Å². The summed E-state index contributed by atoms with van der Waals surface area (Å²) in [6.07, 6.45) is -0.0281. The standard InChI is InChI=1S/C16H13NO3/c18-12-10-16(19)17(11-12)14-8-4-5-9-15(14)20-13-6-2-1-3-7-13/h1-9H,10-11H2. The smallest absolute Gasteiger partial charge is 0.235 e. The molecule has 0 atom stereocenters. The Morgan fingerprint density at radius 1 is 0.900 bits per heavy atom. The number of ether oxygens (including phenoxy) is 1. The lowest BCUT2D eigenvalue weighted by Gasteiger charge is -2.18. The van der Waals surface area contributed by atoms with Gasteiger partial charge in [-0.1, -0.05) is 30.3 Å². The van der Waals surface area contributed by atoms with Crippen LogP contribution in [-0.2, 0) is 9.59 Å². The van der Waals surface area contributed by atoms with E-state index in [-0.39, 0.29) is 24.7 Å². The van der Waals surface area contributed by atoms with Gasteiger partial charge < -0.3 is 9.64 Å². The van der Waals surface area contributed by atoms with Gasteiger partial charge >= 0.3 is 0 Å². The third-order valence-electron chi connectivity index (χ3n) is 3.11. The third-order valence-corrected chi connectivity index (χ3v) is 3.11. The first-order valence-electron chi connectivity index (χ1n) is 6.38. The summed E-state index contributed by atoms with van der Waals surface area (Å²) in [6, 6.07) is 16.6. The molecule has 2 aromatic rings. The Balaban J connectivity index is 1.93. The maximum absolute atomic E-state index is 11.8. The van der Waals surface area contributed by atoms with Crippen LogP contribution in [0.3, 0.4) is 0 Å². The van der Waals surface area contributed by atoms with Gasteiger partial charge in [0.25, 0.3) is 0 Å². The van der Waals surface area contributed by atoms with Crippen LogP contribution >= 0.6 is 0 Å². The Hall–Kier alpha value is -2.62. The summed E-state index contributed by atoms with van der Waals surface area (Å²) >= 11 is 0. The van der Waals surface area contributed by atoms with Crippen LogP contribution in [0.25, 0.3) is 0 Å². The fourth-order valence-electron chi connectivity index (χ4n) is 2.19. The van der Waals surface area contributed by atoms with Crippen LogP contribution in [-0.4, -0.2) is 18.2 Å². The largest absolute Gasteiger partial charge is 0.455 e. The van der Waals surface area contributed by atoms with Gasteiger partial charge in [0, 0.05) is 0 Å². The molecule has 0 saturated carbocycles. The van der Waals surface area contributed by atoms with Crippen molar-refractivity contribution in [3.63, 3.8) is 0 Å². The lowest BCUT2D eigenvalue weighted by molar-refractivity contribution is -0.121. The molecule has 0 spiro atoms. The van der Waals surface area contributed by atoms with E-state index in [9.17, 15) is 9.59 Å². The Kier molecular flexibility index (Phi) is 3.21. The first kappa shape index (κ1) is 12.4. The van der Waals surface area contributed by atoms with Gasteiger partial charge in [-0.25, -0.2) is 0 Å². The molecular weight excluding hydrogens is 254 g/mol. The second-order valence-corrected chi connectivity index (χ2v) is 4.58. The van der Waals surface area contributed by atoms with Gasteiger partial charge in [0.1, 0.15) is 5.75 Å². The maximum atomic E-state index is 11.8. The van der Waals surface area contributed by atoms with E-state index >= 15 is 0 Å².